The number of para-hydroxylation sites is 1. The van der Waals surface area contributed by atoms with Crippen LogP contribution in [0.3, 0.4) is 0 Å². The number of carbonyl (C=O) groups excluding carboxylic acids is 2. The van der Waals surface area contributed by atoms with Gasteiger partial charge in [-0.3, -0.25) is 9.59 Å². The van der Waals surface area contributed by atoms with E-state index in [1.807, 2.05) is 0 Å². The molecule has 1 amide bonds. The molecule has 27 heavy (non-hydrogen) atoms. The lowest BCUT2D eigenvalue weighted by Gasteiger charge is -2.14. The number of sulfonamides is 1. The van der Waals surface area contributed by atoms with Crippen molar-refractivity contribution in [3.63, 3.8) is 0 Å². The fourth-order valence-corrected chi connectivity index (χ4v) is 3.35. The summed E-state index contributed by atoms with van der Waals surface area (Å²) in [6.07, 6.45) is 0. The summed E-state index contributed by atoms with van der Waals surface area (Å²) in [4.78, 5) is 23.5. The molecule has 144 valence electrons. The van der Waals surface area contributed by atoms with Crippen LogP contribution in [0.25, 0.3) is 0 Å². The Labute approximate surface area is 160 Å². The molecular formula is C17H16ClFN2O5S. The quantitative estimate of drug-likeness (QED) is 0.677. The third kappa shape index (κ3) is 6.02. The first-order valence-corrected chi connectivity index (χ1v) is 9.54. The van der Waals surface area contributed by atoms with Gasteiger partial charge in [0.25, 0.3) is 5.91 Å². The number of esters is 1. The molecule has 10 heteroatoms. The number of rotatable bonds is 7. The highest BCUT2D eigenvalue weighted by molar-refractivity contribution is 7.89. The van der Waals surface area contributed by atoms with Gasteiger partial charge in [0.2, 0.25) is 10.0 Å². The van der Waals surface area contributed by atoms with Crippen LogP contribution in [0, 0.1) is 5.82 Å². The molecule has 0 heterocycles. The summed E-state index contributed by atoms with van der Waals surface area (Å²) < 4.78 is 44.1. The minimum absolute atomic E-state index is 0.208. The summed E-state index contributed by atoms with van der Waals surface area (Å²) in [5, 5.41) is 2.78. The topological polar surface area (TPSA) is 102 Å². The predicted octanol–water partition coefficient (Wildman–Crippen LogP) is 2.33. The summed E-state index contributed by atoms with van der Waals surface area (Å²) >= 11 is 5.90. The van der Waals surface area contributed by atoms with E-state index in [4.69, 9.17) is 16.3 Å². The first-order valence-electron chi connectivity index (χ1n) is 7.68. The first kappa shape index (κ1) is 20.8. The number of anilines is 1. The fraction of sp³-hybridized carbons (Fsp3) is 0.176. The van der Waals surface area contributed by atoms with Gasteiger partial charge in [-0.15, -0.1) is 0 Å². The standard InChI is InChI=1S/C17H16ClFN2O5S/c1-11(21-27(24,25)13-8-6-12(19)7-9-13)17(23)26-10-16(22)20-15-5-3-2-4-14(15)18/h2-9,11,21H,10H2,1H3,(H,20,22)/t11-/m0/s1. The molecule has 0 aliphatic rings. The van der Waals surface area contributed by atoms with Crippen molar-refractivity contribution in [1.82, 2.24) is 4.72 Å². The SMILES string of the molecule is C[C@H](NS(=O)(=O)c1ccc(F)cc1)C(=O)OCC(=O)Nc1ccccc1Cl. The lowest BCUT2D eigenvalue weighted by Crippen LogP contribution is -2.40. The molecule has 0 fully saturated rings. The second-order valence-corrected chi connectivity index (χ2v) is 7.55. The smallest absolute Gasteiger partial charge is 0.324 e. The van der Waals surface area contributed by atoms with Crippen molar-refractivity contribution in [2.45, 2.75) is 17.9 Å². The molecule has 0 radical (unpaired) electrons. The zero-order chi connectivity index (χ0) is 20.0. The summed E-state index contributed by atoms with van der Waals surface area (Å²) in [6, 6.07) is 9.34. The minimum atomic E-state index is -4.05. The largest absolute Gasteiger partial charge is 0.454 e. The zero-order valence-electron chi connectivity index (χ0n) is 14.1. The van der Waals surface area contributed by atoms with Gasteiger partial charge in [-0.25, -0.2) is 12.8 Å². The average molecular weight is 415 g/mol. The molecule has 0 bridgehead atoms. The Kier molecular flexibility index (Phi) is 6.89. The van der Waals surface area contributed by atoms with Crippen molar-refractivity contribution in [3.8, 4) is 0 Å². The summed E-state index contributed by atoms with van der Waals surface area (Å²) in [5.41, 5.74) is 0.352. The van der Waals surface area contributed by atoms with E-state index in [2.05, 4.69) is 10.0 Å². The lowest BCUT2D eigenvalue weighted by atomic mass is 10.3. The summed E-state index contributed by atoms with van der Waals surface area (Å²) in [5.74, 6) is -2.18. The Morgan fingerprint density at radius 3 is 2.41 bits per heavy atom. The Hall–Kier alpha value is -2.49. The highest BCUT2D eigenvalue weighted by Crippen LogP contribution is 2.20. The van der Waals surface area contributed by atoms with Crippen molar-refractivity contribution in [1.29, 1.82) is 0 Å². The normalized spacial score (nSPS) is 12.3. The van der Waals surface area contributed by atoms with Crippen LogP contribution in [0.1, 0.15) is 6.92 Å². The van der Waals surface area contributed by atoms with E-state index >= 15 is 0 Å². The van der Waals surface area contributed by atoms with Crippen LogP contribution in [-0.2, 0) is 24.3 Å². The zero-order valence-corrected chi connectivity index (χ0v) is 15.7. The predicted molar refractivity (Wildman–Crippen MR) is 97.2 cm³/mol. The molecule has 2 N–H and O–H groups in total. The molecule has 0 unspecified atom stereocenters. The second-order valence-electron chi connectivity index (χ2n) is 5.43. The Morgan fingerprint density at radius 2 is 1.78 bits per heavy atom. The maximum Gasteiger partial charge on any atom is 0.324 e. The molecule has 2 aromatic carbocycles. The van der Waals surface area contributed by atoms with Crippen molar-refractivity contribution in [3.05, 3.63) is 59.4 Å². The van der Waals surface area contributed by atoms with Gasteiger partial charge in [-0.2, -0.15) is 4.72 Å². The van der Waals surface area contributed by atoms with E-state index in [0.29, 0.717) is 10.7 Å². The number of halogens is 2. The molecule has 1 atom stereocenters. The number of nitrogens with one attached hydrogen (secondary N) is 2. The van der Waals surface area contributed by atoms with Crippen molar-refractivity contribution in [2.75, 3.05) is 11.9 Å². The maximum absolute atomic E-state index is 12.9. The molecule has 0 saturated heterocycles. The van der Waals surface area contributed by atoms with E-state index in [0.717, 1.165) is 24.3 Å². The number of ether oxygens (including phenoxy) is 1. The van der Waals surface area contributed by atoms with Crippen LogP contribution < -0.4 is 10.0 Å². The number of benzene rings is 2. The molecule has 0 spiro atoms. The number of carbonyl (C=O) groups is 2. The van der Waals surface area contributed by atoms with Gasteiger partial charge < -0.3 is 10.1 Å². The highest BCUT2D eigenvalue weighted by atomic mass is 35.5. The Bertz CT molecular complexity index is 935. The molecular weight excluding hydrogens is 399 g/mol. The number of hydrogen-bond acceptors (Lipinski definition) is 5. The van der Waals surface area contributed by atoms with Gasteiger partial charge in [0.15, 0.2) is 6.61 Å². The van der Waals surface area contributed by atoms with E-state index < -0.39 is 40.4 Å². The molecule has 0 aliphatic heterocycles. The fourth-order valence-electron chi connectivity index (χ4n) is 1.97. The Morgan fingerprint density at radius 1 is 1.15 bits per heavy atom. The molecule has 2 aromatic rings. The third-order valence-electron chi connectivity index (χ3n) is 3.30. The molecule has 0 aromatic heterocycles. The van der Waals surface area contributed by atoms with Crippen molar-refractivity contribution < 1.29 is 27.1 Å². The van der Waals surface area contributed by atoms with Crippen LogP contribution in [0.5, 0.6) is 0 Å². The first-order chi connectivity index (χ1) is 12.7. The number of hydrogen-bond donors (Lipinski definition) is 2. The number of amides is 1. The van der Waals surface area contributed by atoms with Crippen LogP contribution in [0.2, 0.25) is 5.02 Å². The third-order valence-corrected chi connectivity index (χ3v) is 5.19. The van der Waals surface area contributed by atoms with E-state index in [-0.39, 0.29) is 4.90 Å². The van der Waals surface area contributed by atoms with E-state index in [1.54, 1.807) is 24.3 Å². The monoisotopic (exact) mass is 414 g/mol. The summed E-state index contributed by atoms with van der Waals surface area (Å²) in [7, 11) is -4.05. The van der Waals surface area contributed by atoms with Crippen LogP contribution >= 0.6 is 11.6 Å². The van der Waals surface area contributed by atoms with Gasteiger partial charge in [0.1, 0.15) is 11.9 Å². The van der Waals surface area contributed by atoms with Gasteiger partial charge in [-0.05, 0) is 43.3 Å². The highest BCUT2D eigenvalue weighted by Gasteiger charge is 2.23. The van der Waals surface area contributed by atoms with Crippen LogP contribution in [0.4, 0.5) is 10.1 Å². The van der Waals surface area contributed by atoms with Gasteiger partial charge in [-0.1, -0.05) is 23.7 Å². The summed E-state index contributed by atoms with van der Waals surface area (Å²) in [6.45, 7) is 0.641. The molecule has 0 saturated carbocycles. The minimum Gasteiger partial charge on any atom is -0.454 e. The second kappa shape index (κ2) is 8.94. The van der Waals surface area contributed by atoms with Gasteiger partial charge >= 0.3 is 5.97 Å². The maximum atomic E-state index is 12.9. The molecule has 0 aliphatic carbocycles. The average Bonchev–Trinajstić information content (AvgIpc) is 2.61. The van der Waals surface area contributed by atoms with Crippen LogP contribution in [-0.4, -0.2) is 32.9 Å². The van der Waals surface area contributed by atoms with Gasteiger partial charge in [0, 0.05) is 0 Å². The Balaban J connectivity index is 1.89. The lowest BCUT2D eigenvalue weighted by molar-refractivity contribution is -0.148. The van der Waals surface area contributed by atoms with Crippen molar-refractivity contribution >= 4 is 39.2 Å². The molecule has 2 rings (SSSR count). The van der Waals surface area contributed by atoms with Crippen LogP contribution in [0.15, 0.2) is 53.4 Å². The molecule has 7 nitrogen and oxygen atoms in total. The van der Waals surface area contributed by atoms with E-state index in [1.165, 1.54) is 6.92 Å². The van der Waals surface area contributed by atoms with E-state index in [9.17, 15) is 22.4 Å². The van der Waals surface area contributed by atoms with Crippen molar-refractivity contribution in [2.24, 2.45) is 0 Å². The van der Waals surface area contributed by atoms with Gasteiger partial charge in [0.05, 0.1) is 15.6 Å².